The molecule has 3 rings (SSSR count). The fraction of sp³-hybridized carbons (Fsp3) is 0.100. The minimum atomic E-state index is -1.05. The van der Waals surface area contributed by atoms with Crippen molar-refractivity contribution in [3.63, 3.8) is 0 Å². The molecule has 0 amide bonds. The average Bonchev–Trinajstić information content (AvgIpc) is 2.98. The van der Waals surface area contributed by atoms with Gasteiger partial charge in [0.25, 0.3) is 0 Å². The molecule has 0 saturated heterocycles. The molecule has 0 aliphatic rings. The summed E-state index contributed by atoms with van der Waals surface area (Å²) < 4.78 is 1.48. The molecule has 0 aliphatic heterocycles. The first-order valence-electron chi connectivity index (χ1n) is 7.63. The van der Waals surface area contributed by atoms with E-state index in [0.29, 0.717) is 11.1 Å². The second-order valence-electron chi connectivity index (χ2n) is 5.57. The summed E-state index contributed by atoms with van der Waals surface area (Å²) in [5, 5.41) is 18.8. The van der Waals surface area contributed by atoms with E-state index in [9.17, 15) is 15.2 Å². The number of hydrogen-bond donors (Lipinski definition) is 1. The van der Waals surface area contributed by atoms with E-state index in [1.54, 1.807) is 25.0 Å². The van der Waals surface area contributed by atoms with Crippen LogP contribution in [0.4, 0.5) is 0 Å². The molecule has 5 heteroatoms. The van der Waals surface area contributed by atoms with E-state index in [0.717, 1.165) is 16.7 Å². The Bertz CT molecular complexity index is 982. The molecule has 124 valence electrons. The summed E-state index contributed by atoms with van der Waals surface area (Å²) in [6.07, 6.45) is 3.59. The van der Waals surface area contributed by atoms with Gasteiger partial charge in [-0.05, 0) is 29.0 Å². The third kappa shape index (κ3) is 3.04. The highest BCUT2D eigenvalue weighted by atomic mass is 32.2. The molecular formula is C20H16N2O2S. The molecule has 0 radical (unpaired) electrons. The summed E-state index contributed by atoms with van der Waals surface area (Å²) in [4.78, 5) is 12.8. The molecule has 0 saturated carbocycles. The lowest BCUT2D eigenvalue weighted by molar-refractivity contribution is 0.0687. The van der Waals surface area contributed by atoms with E-state index in [1.165, 1.54) is 9.46 Å². The number of hydrogen-bond acceptors (Lipinski definition) is 3. The van der Waals surface area contributed by atoms with Crippen LogP contribution < -0.4 is 0 Å². The Morgan fingerprint density at radius 2 is 1.76 bits per heavy atom. The van der Waals surface area contributed by atoms with Gasteiger partial charge in [-0.25, -0.2) is 4.79 Å². The summed E-state index contributed by atoms with van der Waals surface area (Å²) in [5.41, 5.74) is 3.85. The number of carboxylic acid groups (broad SMARTS) is 1. The number of rotatable bonds is 4. The number of aromatic nitrogens is 1. The molecule has 0 bridgehead atoms. The van der Waals surface area contributed by atoms with Gasteiger partial charge in [-0.2, -0.15) is 5.26 Å². The summed E-state index contributed by atoms with van der Waals surface area (Å²) in [6.45, 7) is 0. The van der Waals surface area contributed by atoms with Crippen LogP contribution in [0.25, 0.3) is 22.3 Å². The summed E-state index contributed by atoms with van der Waals surface area (Å²) in [5.74, 6) is -1.05. The van der Waals surface area contributed by atoms with Crippen LogP contribution in [0.2, 0.25) is 0 Å². The summed E-state index contributed by atoms with van der Waals surface area (Å²) in [7, 11) is 1.64. The van der Waals surface area contributed by atoms with Gasteiger partial charge < -0.3 is 9.67 Å². The van der Waals surface area contributed by atoms with Crippen molar-refractivity contribution in [1.82, 2.24) is 4.57 Å². The van der Waals surface area contributed by atoms with Gasteiger partial charge in [-0.1, -0.05) is 42.5 Å². The maximum atomic E-state index is 11.6. The van der Waals surface area contributed by atoms with Crippen molar-refractivity contribution in [2.75, 3.05) is 6.26 Å². The van der Waals surface area contributed by atoms with Crippen molar-refractivity contribution in [2.24, 2.45) is 7.05 Å². The molecule has 0 unspecified atom stereocenters. The van der Waals surface area contributed by atoms with Crippen molar-refractivity contribution in [3.05, 3.63) is 66.0 Å². The predicted molar refractivity (Wildman–Crippen MR) is 99.7 cm³/mol. The highest BCUT2D eigenvalue weighted by Gasteiger charge is 2.21. The normalized spacial score (nSPS) is 10.4. The highest BCUT2D eigenvalue weighted by Crippen LogP contribution is 2.33. The molecule has 0 aliphatic carbocycles. The molecule has 3 aromatic rings. The molecule has 1 N–H and O–H groups in total. The molecule has 25 heavy (non-hydrogen) atoms. The predicted octanol–water partition coefficient (Wildman–Crippen LogP) is 4.65. The van der Waals surface area contributed by atoms with E-state index in [2.05, 4.69) is 18.2 Å². The monoisotopic (exact) mass is 348 g/mol. The molecule has 1 heterocycles. The topological polar surface area (TPSA) is 66.0 Å². The molecule has 0 fully saturated rings. The van der Waals surface area contributed by atoms with Gasteiger partial charge in [0.2, 0.25) is 0 Å². The van der Waals surface area contributed by atoms with Crippen LogP contribution in [0.1, 0.15) is 16.1 Å². The summed E-state index contributed by atoms with van der Waals surface area (Å²) >= 11 is 1.68. The lowest BCUT2D eigenvalue weighted by Gasteiger charge is -2.09. The van der Waals surface area contributed by atoms with Gasteiger partial charge in [-0.15, -0.1) is 11.8 Å². The Balaban J connectivity index is 2.11. The van der Waals surface area contributed by atoms with Crippen molar-refractivity contribution in [3.8, 4) is 28.3 Å². The second-order valence-corrected chi connectivity index (χ2v) is 6.42. The van der Waals surface area contributed by atoms with Crippen molar-refractivity contribution >= 4 is 17.7 Å². The molecule has 2 aromatic carbocycles. The fourth-order valence-corrected chi connectivity index (χ4v) is 3.58. The van der Waals surface area contributed by atoms with Gasteiger partial charge in [0, 0.05) is 23.7 Å². The van der Waals surface area contributed by atoms with Crippen LogP contribution in [-0.4, -0.2) is 21.9 Å². The van der Waals surface area contributed by atoms with Crippen molar-refractivity contribution in [1.29, 1.82) is 5.26 Å². The Hall–Kier alpha value is -2.97. The number of aryl methyl sites for hydroxylation is 1. The maximum absolute atomic E-state index is 11.6. The number of carbonyl (C=O) groups is 1. The SMILES string of the molecule is CSc1ccccc1-c1ccc(-c2c(C#N)cn(C)c2C(=O)O)cc1. The van der Waals surface area contributed by atoms with Gasteiger partial charge in [0.05, 0.1) is 5.56 Å². The Kier molecular flexibility index (Phi) is 4.64. The Morgan fingerprint density at radius 1 is 1.12 bits per heavy atom. The van der Waals surface area contributed by atoms with Crippen LogP contribution in [-0.2, 0) is 7.05 Å². The van der Waals surface area contributed by atoms with E-state index >= 15 is 0 Å². The molecule has 4 nitrogen and oxygen atoms in total. The Morgan fingerprint density at radius 3 is 2.36 bits per heavy atom. The molecule has 0 spiro atoms. The lowest BCUT2D eigenvalue weighted by atomic mass is 9.98. The zero-order chi connectivity index (χ0) is 18.0. The minimum absolute atomic E-state index is 0.119. The van der Waals surface area contributed by atoms with Gasteiger partial charge in [0.1, 0.15) is 11.8 Å². The second kappa shape index (κ2) is 6.88. The zero-order valence-corrected chi connectivity index (χ0v) is 14.7. The molecule has 0 atom stereocenters. The van der Waals surface area contributed by atoms with Gasteiger partial charge in [-0.3, -0.25) is 0 Å². The first-order valence-corrected chi connectivity index (χ1v) is 8.85. The molecule has 1 aromatic heterocycles. The average molecular weight is 348 g/mol. The first kappa shape index (κ1) is 16.9. The van der Waals surface area contributed by atoms with Gasteiger partial charge >= 0.3 is 5.97 Å². The van der Waals surface area contributed by atoms with E-state index in [-0.39, 0.29) is 5.69 Å². The Labute approximate surface area is 150 Å². The number of benzene rings is 2. The van der Waals surface area contributed by atoms with Crippen LogP contribution in [0, 0.1) is 11.3 Å². The third-order valence-electron chi connectivity index (χ3n) is 4.10. The van der Waals surface area contributed by atoms with E-state index in [4.69, 9.17) is 0 Å². The number of carboxylic acids is 1. The lowest BCUT2D eigenvalue weighted by Crippen LogP contribution is -2.05. The van der Waals surface area contributed by atoms with Crippen molar-refractivity contribution in [2.45, 2.75) is 4.90 Å². The highest BCUT2D eigenvalue weighted by molar-refractivity contribution is 7.98. The summed E-state index contributed by atoms with van der Waals surface area (Å²) in [6, 6.07) is 17.9. The first-order chi connectivity index (χ1) is 12.1. The van der Waals surface area contributed by atoms with E-state index < -0.39 is 5.97 Å². The van der Waals surface area contributed by atoms with Crippen molar-refractivity contribution < 1.29 is 9.90 Å². The van der Waals surface area contributed by atoms with Crippen LogP contribution >= 0.6 is 11.8 Å². The van der Waals surface area contributed by atoms with Crippen LogP contribution in [0.3, 0.4) is 0 Å². The largest absolute Gasteiger partial charge is 0.477 e. The quantitative estimate of drug-likeness (QED) is 0.697. The third-order valence-corrected chi connectivity index (χ3v) is 4.89. The number of thioether (sulfide) groups is 1. The zero-order valence-electron chi connectivity index (χ0n) is 13.9. The smallest absolute Gasteiger partial charge is 0.353 e. The van der Waals surface area contributed by atoms with Gasteiger partial charge in [0.15, 0.2) is 0 Å². The van der Waals surface area contributed by atoms with Crippen LogP contribution in [0.5, 0.6) is 0 Å². The maximum Gasteiger partial charge on any atom is 0.353 e. The number of nitrogens with zero attached hydrogens (tertiary/aromatic N) is 2. The molecular weight excluding hydrogens is 332 g/mol. The fourth-order valence-electron chi connectivity index (χ4n) is 2.96. The number of aromatic carboxylic acids is 1. The van der Waals surface area contributed by atoms with E-state index in [1.807, 2.05) is 42.7 Å². The standard InChI is InChI=1S/C20H16N2O2S/c1-22-12-15(11-21)18(19(22)20(23)24)14-9-7-13(8-10-14)16-5-3-4-6-17(16)25-2/h3-10,12H,1-2H3,(H,23,24). The van der Waals surface area contributed by atoms with Crippen LogP contribution in [0.15, 0.2) is 59.6 Å². The number of nitriles is 1. The minimum Gasteiger partial charge on any atom is -0.477 e.